The Morgan fingerprint density at radius 1 is 1.05 bits per heavy atom. The number of rotatable bonds is 6. The van der Waals surface area contributed by atoms with Crippen molar-refractivity contribution >= 4 is 0 Å². The first-order valence-electron chi connectivity index (χ1n) is 8.41. The van der Waals surface area contributed by atoms with Gasteiger partial charge < -0.3 is 10.1 Å². The van der Waals surface area contributed by atoms with Crippen LogP contribution < -0.4 is 5.32 Å². The van der Waals surface area contributed by atoms with Gasteiger partial charge in [0, 0.05) is 36.8 Å². The minimum Gasteiger partial charge on any atom is -0.375 e. The zero-order valence-electron chi connectivity index (χ0n) is 14.2. The number of hydrogen-bond acceptors (Lipinski definition) is 3. The van der Waals surface area contributed by atoms with E-state index in [4.69, 9.17) is 4.74 Å². The predicted octanol–water partition coefficient (Wildman–Crippen LogP) is 3.19. The van der Waals surface area contributed by atoms with E-state index in [1.165, 1.54) is 25.7 Å². The fourth-order valence-corrected chi connectivity index (χ4v) is 3.27. The van der Waals surface area contributed by atoms with Gasteiger partial charge in [0.2, 0.25) is 0 Å². The summed E-state index contributed by atoms with van der Waals surface area (Å²) in [4.78, 5) is 2.49. The molecule has 0 amide bonds. The van der Waals surface area contributed by atoms with Gasteiger partial charge in [0.25, 0.3) is 0 Å². The van der Waals surface area contributed by atoms with Crippen LogP contribution >= 0.6 is 0 Å². The maximum atomic E-state index is 6.02. The van der Waals surface area contributed by atoms with Gasteiger partial charge in [-0.3, -0.25) is 4.90 Å². The standard InChI is InChI=1S/C17H34N2O/c1-16(2,3)19-12-15(13-19)20-11-10-17(4,5)18-14-8-6-7-9-14/h14-15,18H,6-13H2,1-5H3. The first-order valence-corrected chi connectivity index (χ1v) is 8.41. The van der Waals surface area contributed by atoms with Crippen LogP contribution in [0.5, 0.6) is 0 Å². The molecule has 3 nitrogen and oxygen atoms in total. The number of ether oxygens (including phenoxy) is 1. The minimum absolute atomic E-state index is 0.211. The molecule has 2 aliphatic rings. The molecule has 0 unspecified atom stereocenters. The third kappa shape index (κ3) is 4.71. The first-order chi connectivity index (χ1) is 9.26. The van der Waals surface area contributed by atoms with Crippen molar-refractivity contribution in [3.05, 3.63) is 0 Å². The van der Waals surface area contributed by atoms with Crippen LogP contribution in [0.1, 0.15) is 66.7 Å². The molecule has 2 rings (SSSR count). The Kier molecular flexibility index (Phi) is 5.14. The molecule has 0 bridgehead atoms. The van der Waals surface area contributed by atoms with Crippen LogP contribution in [0.15, 0.2) is 0 Å². The second kappa shape index (κ2) is 6.33. The van der Waals surface area contributed by atoms with Crippen LogP contribution in [0.25, 0.3) is 0 Å². The van der Waals surface area contributed by atoms with Gasteiger partial charge in [0.05, 0.1) is 6.10 Å². The van der Waals surface area contributed by atoms with Gasteiger partial charge in [-0.1, -0.05) is 12.8 Å². The summed E-state index contributed by atoms with van der Waals surface area (Å²) in [5.41, 5.74) is 0.506. The van der Waals surface area contributed by atoms with Crippen molar-refractivity contribution in [3.63, 3.8) is 0 Å². The van der Waals surface area contributed by atoms with Crippen molar-refractivity contribution in [2.24, 2.45) is 0 Å². The highest BCUT2D eigenvalue weighted by atomic mass is 16.5. The molecule has 1 aliphatic heterocycles. The average Bonchev–Trinajstić information content (AvgIpc) is 2.71. The van der Waals surface area contributed by atoms with Gasteiger partial charge >= 0.3 is 0 Å². The van der Waals surface area contributed by atoms with Crippen molar-refractivity contribution < 1.29 is 4.74 Å². The van der Waals surface area contributed by atoms with E-state index in [1.807, 2.05) is 0 Å². The third-order valence-electron chi connectivity index (χ3n) is 4.83. The number of likely N-dealkylation sites (tertiary alicyclic amines) is 1. The zero-order chi connectivity index (χ0) is 14.8. The van der Waals surface area contributed by atoms with Crippen molar-refractivity contribution in [2.75, 3.05) is 19.7 Å². The molecule has 0 atom stereocenters. The van der Waals surface area contributed by atoms with Crippen LogP contribution in [0.4, 0.5) is 0 Å². The quantitative estimate of drug-likeness (QED) is 0.810. The summed E-state index contributed by atoms with van der Waals surface area (Å²) in [6.45, 7) is 14.5. The summed E-state index contributed by atoms with van der Waals surface area (Å²) in [6.07, 6.45) is 7.07. The van der Waals surface area contributed by atoms with Gasteiger partial charge in [-0.15, -0.1) is 0 Å². The first kappa shape index (κ1) is 16.3. The molecule has 1 aliphatic carbocycles. The van der Waals surface area contributed by atoms with Crippen LogP contribution in [-0.2, 0) is 4.74 Å². The van der Waals surface area contributed by atoms with Gasteiger partial charge in [0.1, 0.15) is 0 Å². The number of nitrogens with zero attached hydrogens (tertiary/aromatic N) is 1. The third-order valence-corrected chi connectivity index (χ3v) is 4.83. The van der Waals surface area contributed by atoms with Crippen LogP contribution in [-0.4, -0.2) is 47.8 Å². The molecule has 0 aromatic heterocycles. The number of hydrogen-bond donors (Lipinski definition) is 1. The average molecular weight is 282 g/mol. The lowest BCUT2D eigenvalue weighted by molar-refractivity contribution is -0.0917. The van der Waals surface area contributed by atoms with Crippen LogP contribution in [0.3, 0.4) is 0 Å². The van der Waals surface area contributed by atoms with Crippen molar-refractivity contribution in [3.8, 4) is 0 Å². The SMILES string of the molecule is CC(C)(CCOC1CN(C(C)(C)C)C1)NC1CCCC1. The molecule has 2 fully saturated rings. The van der Waals surface area contributed by atoms with Crippen molar-refractivity contribution in [2.45, 2.75) is 89.9 Å². The molecule has 118 valence electrons. The Balaban J connectivity index is 1.59. The fourth-order valence-electron chi connectivity index (χ4n) is 3.27. The molecule has 0 aromatic rings. The van der Waals surface area contributed by atoms with Gasteiger partial charge in [-0.25, -0.2) is 0 Å². The van der Waals surface area contributed by atoms with Gasteiger partial charge in [-0.05, 0) is 53.9 Å². The summed E-state index contributed by atoms with van der Waals surface area (Å²) in [5.74, 6) is 0. The molecule has 1 saturated heterocycles. The molecule has 20 heavy (non-hydrogen) atoms. The minimum atomic E-state index is 0.211. The monoisotopic (exact) mass is 282 g/mol. The highest BCUT2D eigenvalue weighted by molar-refractivity contribution is 4.90. The summed E-state index contributed by atoms with van der Waals surface area (Å²) >= 11 is 0. The molecule has 0 aromatic carbocycles. The van der Waals surface area contributed by atoms with Crippen molar-refractivity contribution in [1.82, 2.24) is 10.2 Å². The molecule has 0 spiro atoms. The maximum absolute atomic E-state index is 6.02. The Bertz CT molecular complexity index is 297. The fraction of sp³-hybridized carbons (Fsp3) is 1.00. The summed E-state index contributed by atoms with van der Waals surface area (Å²) in [6, 6.07) is 0.741. The predicted molar refractivity (Wildman–Crippen MR) is 85.2 cm³/mol. The molecule has 1 saturated carbocycles. The van der Waals surface area contributed by atoms with Crippen LogP contribution in [0.2, 0.25) is 0 Å². The summed E-state index contributed by atoms with van der Waals surface area (Å²) in [5, 5.41) is 3.81. The normalized spacial score (nSPS) is 23.2. The molecule has 1 heterocycles. The maximum Gasteiger partial charge on any atom is 0.0829 e. The van der Waals surface area contributed by atoms with E-state index >= 15 is 0 Å². The largest absolute Gasteiger partial charge is 0.375 e. The smallest absolute Gasteiger partial charge is 0.0829 e. The highest BCUT2D eigenvalue weighted by Crippen LogP contribution is 2.24. The Morgan fingerprint density at radius 3 is 2.20 bits per heavy atom. The van der Waals surface area contributed by atoms with Gasteiger partial charge in [0.15, 0.2) is 0 Å². The molecular weight excluding hydrogens is 248 g/mol. The lowest BCUT2D eigenvalue weighted by Gasteiger charge is -2.47. The van der Waals surface area contributed by atoms with E-state index in [2.05, 4.69) is 44.8 Å². The van der Waals surface area contributed by atoms with Crippen molar-refractivity contribution in [1.29, 1.82) is 0 Å². The van der Waals surface area contributed by atoms with E-state index in [9.17, 15) is 0 Å². The molecule has 1 N–H and O–H groups in total. The number of nitrogens with one attached hydrogen (secondary N) is 1. The second-order valence-electron chi connectivity index (χ2n) is 8.33. The Hall–Kier alpha value is -0.120. The summed E-state index contributed by atoms with van der Waals surface area (Å²) < 4.78 is 6.02. The zero-order valence-corrected chi connectivity index (χ0v) is 14.2. The summed E-state index contributed by atoms with van der Waals surface area (Å²) in [7, 11) is 0. The van der Waals surface area contributed by atoms with Crippen LogP contribution in [0, 0.1) is 0 Å². The second-order valence-corrected chi connectivity index (χ2v) is 8.33. The van der Waals surface area contributed by atoms with E-state index < -0.39 is 0 Å². The van der Waals surface area contributed by atoms with E-state index in [0.29, 0.717) is 11.6 Å². The highest BCUT2D eigenvalue weighted by Gasteiger charge is 2.35. The lowest BCUT2D eigenvalue weighted by atomic mass is 9.98. The van der Waals surface area contributed by atoms with E-state index in [1.54, 1.807) is 0 Å². The Morgan fingerprint density at radius 2 is 1.65 bits per heavy atom. The van der Waals surface area contributed by atoms with E-state index in [0.717, 1.165) is 32.2 Å². The van der Waals surface area contributed by atoms with E-state index in [-0.39, 0.29) is 5.54 Å². The molecular formula is C17H34N2O. The van der Waals surface area contributed by atoms with Gasteiger partial charge in [-0.2, -0.15) is 0 Å². The Labute approximate surface area is 125 Å². The topological polar surface area (TPSA) is 24.5 Å². The lowest BCUT2D eigenvalue weighted by Crippen LogP contribution is -2.59. The molecule has 0 radical (unpaired) electrons. The molecule has 3 heteroatoms.